The Balaban J connectivity index is 1.86. The third kappa shape index (κ3) is 4.89. The number of amides is 1. The van der Waals surface area contributed by atoms with Gasteiger partial charge in [-0.25, -0.2) is 18.2 Å². The van der Waals surface area contributed by atoms with Crippen molar-refractivity contribution < 1.29 is 35.9 Å². The Kier molecular flexibility index (Phi) is 5.83. The van der Waals surface area contributed by atoms with Gasteiger partial charge in [0.25, 0.3) is 18.4 Å². The van der Waals surface area contributed by atoms with Crippen molar-refractivity contribution in [3.05, 3.63) is 59.2 Å². The van der Waals surface area contributed by atoms with Crippen LogP contribution >= 0.6 is 0 Å². The molecule has 12 heteroatoms. The molecule has 0 aliphatic carbocycles. The van der Waals surface area contributed by atoms with E-state index in [0.717, 1.165) is 30.5 Å². The van der Waals surface area contributed by atoms with E-state index >= 15 is 0 Å². The van der Waals surface area contributed by atoms with Gasteiger partial charge < -0.3 is 15.8 Å². The maximum absolute atomic E-state index is 14.5. The number of aromatic nitrogens is 1. The minimum Gasteiger partial charge on any atom is -0.454 e. The van der Waals surface area contributed by atoms with E-state index < -0.39 is 48.4 Å². The van der Waals surface area contributed by atoms with Crippen LogP contribution in [0.25, 0.3) is 0 Å². The fourth-order valence-electron chi connectivity index (χ4n) is 3.09. The molecule has 0 saturated carbocycles. The minimum absolute atomic E-state index is 0.0237. The third-order valence-corrected chi connectivity index (χ3v) is 4.64. The number of halogens is 6. The number of carbonyl (C=O) groups is 1. The number of nitrogens with two attached hydrogens (primary N) is 1. The average Bonchev–Trinajstić information content (AvgIpc) is 2.68. The maximum Gasteiger partial charge on any atom is 0.411 e. The highest BCUT2D eigenvalue weighted by Crippen LogP contribution is 2.41. The largest absolute Gasteiger partial charge is 0.454 e. The summed E-state index contributed by atoms with van der Waals surface area (Å²) in [5.74, 6) is -1.67. The summed E-state index contributed by atoms with van der Waals surface area (Å²) in [5, 5.41) is 2.39. The van der Waals surface area contributed by atoms with Crippen LogP contribution in [0.4, 0.5) is 32.0 Å². The highest BCUT2D eigenvalue weighted by Gasteiger charge is 2.49. The number of alkyl halides is 5. The molecule has 2 heterocycles. The zero-order valence-electron chi connectivity index (χ0n) is 15.9. The number of amidine groups is 1. The van der Waals surface area contributed by atoms with Crippen molar-refractivity contribution in [1.82, 2.24) is 4.98 Å². The van der Waals surface area contributed by atoms with Crippen LogP contribution in [0.5, 0.6) is 0 Å². The van der Waals surface area contributed by atoms with Gasteiger partial charge in [-0.3, -0.25) is 9.78 Å². The molecule has 3 N–H and O–H groups in total. The van der Waals surface area contributed by atoms with Crippen LogP contribution in [-0.4, -0.2) is 29.1 Å². The lowest BCUT2D eigenvalue weighted by molar-refractivity contribution is -0.164. The molecule has 3 rings (SSSR count). The van der Waals surface area contributed by atoms with E-state index in [4.69, 9.17) is 10.5 Å². The standard InChI is InChI=1S/C19H16F6N4O2/c1-18(7-14(19(23,24)25)29-17(26)31-18)11-6-10(3-4-12(11)20)28-16(30)13-5-2-9(8-27-13)15(21)22/h2-6,8,14-15H,7H2,1H3,(H2,26,29)(H,28,30)/t14-,18-/m0/s1. The predicted octanol–water partition coefficient (Wildman–Crippen LogP) is 4.29. The molecule has 2 atom stereocenters. The van der Waals surface area contributed by atoms with E-state index in [1.807, 2.05) is 0 Å². The lowest BCUT2D eigenvalue weighted by Crippen LogP contribution is -2.46. The highest BCUT2D eigenvalue weighted by atomic mass is 19.4. The van der Waals surface area contributed by atoms with Gasteiger partial charge in [0, 0.05) is 29.4 Å². The summed E-state index contributed by atoms with van der Waals surface area (Å²) in [4.78, 5) is 19.2. The van der Waals surface area contributed by atoms with Gasteiger partial charge in [0.05, 0.1) is 0 Å². The molecule has 166 valence electrons. The molecule has 2 aromatic rings. The molecule has 1 amide bonds. The Morgan fingerprint density at radius 2 is 2.00 bits per heavy atom. The van der Waals surface area contributed by atoms with Crippen LogP contribution in [0.2, 0.25) is 0 Å². The van der Waals surface area contributed by atoms with Crippen LogP contribution in [0.1, 0.15) is 41.4 Å². The van der Waals surface area contributed by atoms with Crippen LogP contribution in [-0.2, 0) is 10.3 Å². The predicted molar refractivity (Wildman–Crippen MR) is 98.1 cm³/mol. The van der Waals surface area contributed by atoms with Crippen LogP contribution in [0, 0.1) is 5.82 Å². The molecule has 0 saturated heterocycles. The number of hydrogen-bond donors (Lipinski definition) is 2. The number of pyridine rings is 1. The van der Waals surface area contributed by atoms with Crippen molar-refractivity contribution in [2.45, 2.75) is 37.6 Å². The fraction of sp³-hybridized carbons (Fsp3) is 0.316. The smallest absolute Gasteiger partial charge is 0.411 e. The minimum atomic E-state index is -4.71. The number of nitrogens with zero attached hydrogens (tertiary/aromatic N) is 2. The van der Waals surface area contributed by atoms with Crippen LogP contribution < -0.4 is 11.1 Å². The molecule has 0 unspecified atom stereocenters. The van der Waals surface area contributed by atoms with E-state index in [0.29, 0.717) is 0 Å². The number of ether oxygens (including phenoxy) is 1. The highest BCUT2D eigenvalue weighted by molar-refractivity contribution is 6.02. The molecule has 0 radical (unpaired) electrons. The van der Waals surface area contributed by atoms with Crippen molar-refractivity contribution >= 4 is 17.6 Å². The van der Waals surface area contributed by atoms with E-state index in [2.05, 4.69) is 15.3 Å². The van der Waals surface area contributed by atoms with Crippen LogP contribution in [0.3, 0.4) is 0 Å². The Morgan fingerprint density at radius 3 is 2.58 bits per heavy atom. The summed E-state index contributed by atoms with van der Waals surface area (Å²) in [7, 11) is 0. The third-order valence-electron chi connectivity index (χ3n) is 4.64. The fourth-order valence-corrected chi connectivity index (χ4v) is 3.09. The molecule has 0 bridgehead atoms. The number of benzene rings is 1. The summed E-state index contributed by atoms with van der Waals surface area (Å²) < 4.78 is 84.4. The number of carbonyl (C=O) groups excluding carboxylic acids is 1. The second kappa shape index (κ2) is 8.08. The van der Waals surface area contributed by atoms with Crippen molar-refractivity contribution in [3.63, 3.8) is 0 Å². The van der Waals surface area contributed by atoms with E-state index in [9.17, 15) is 31.1 Å². The lowest BCUT2D eigenvalue weighted by atomic mass is 9.87. The number of aliphatic imine (C=N–C) groups is 1. The molecule has 31 heavy (non-hydrogen) atoms. The van der Waals surface area contributed by atoms with Gasteiger partial charge in [0.1, 0.15) is 17.1 Å². The molecular weight excluding hydrogens is 430 g/mol. The monoisotopic (exact) mass is 446 g/mol. The first kappa shape index (κ1) is 22.4. The quantitative estimate of drug-likeness (QED) is 0.686. The summed E-state index contributed by atoms with van der Waals surface area (Å²) in [6.07, 6.45) is -7.36. The number of nitrogens with one attached hydrogen (secondary N) is 1. The molecule has 1 aromatic carbocycles. The second-order valence-corrected chi connectivity index (χ2v) is 6.99. The van der Waals surface area contributed by atoms with Gasteiger partial charge in [-0.1, -0.05) is 0 Å². The second-order valence-electron chi connectivity index (χ2n) is 6.99. The van der Waals surface area contributed by atoms with Crippen molar-refractivity contribution in [2.75, 3.05) is 5.32 Å². The van der Waals surface area contributed by atoms with Crippen molar-refractivity contribution in [2.24, 2.45) is 10.7 Å². The maximum atomic E-state index is 14.5. The van der Waals surface area contributed by atoms with Gasteiger partial charge in [-0.2, -0.15) is 13.2 Å². The SMILES string of the molecule is C[C@@]1(c2cc(NC(=O)c3ccc(C(F)F)cn3)ccc2F)C[C@@H](C(F)(F)F)N=C(N)O1. The first-order valence-electron chi connectivity index (χ1n) is 8.83. The molecule has 0 fully saturated rings. The Bertz CT molecular complexity index is 1010. The zero-order chi connectivity index (χ0) is 23.0. The summed E-state index contributed by atoms with van der Waals surface area (Å²) >= 11 is 0. The summed E-state index contributed by atoms with van der Waals surface area (Å²) in [6.45, 7) is 1.22. The molecule has 0 spiro atoms. The zero-order valence-corrected chi connectivity index (χ0v) is 15.9. The Hall–Kier alpha value is -3.31. The summed E-state index contributed by atoms with van der Waals surface area (Å²) in [6, 6.07) is 2.39. The topological polar surface area (TPSA) is 89.6 Å². The molecular formula is C19H16F6N4O2. The lowest BCUT2D eigenvalue weighted by Gasteiger charge is -2.37. The average molecular weight is 446 g/mol. The Morgan fingerprint density at radius 1 is 1.29 bits per heavy atom. The normalized spacial score (nSPS) is 21.4. The number of anilines is 1. The number of hydrogen-bond acceptors (Lipinski definition) is 5. The van der Waals surface area contributed by atoms with Gasteiger partial charge in [-0.05, 0) is 37.3 Å². The van der Waals surface area contributed by atoms with Crippen LogP contribution in [0.15, 0.2) is 41.5 Å². The first-order valence-corrected chi connectivity index (χ1v) is 8.83. The summed E-state index contributed by atoms with van der Waals surface area (Å²) in [5.41, 5.74) is 2.76. The van der Waals surface area contributed by atoms with E-state index in [1.54, 1.807) is 0 Å². The Labute approximate surface area is 172 Å². The molecule has 1 aromatic heterocycles. The van der Waals surface area contributed by atoms with Gasteiger partial charge >= 0.3 is 6.18 Å². The number of rotatable bonds is 4. The molecule has 1 aliphatic heterocycles. The van der Waals surface area contributed by atoms with Gasteiger partial charge in [-0.15, -0.1) is 0 Å². The molecule has 1 aliphatic rings. The first-order chi connectivity index (χ1) is 14.4. The van der Waals surface area contributed by atoms with Gasteiger partial charge in [0.15, 0.2) is 6.04 Å². The van der Waals surface area contributed by atoms with Crippen molar-refractivity contribution in [1.29, 1.82) is 0 Å². The van der Waals surface area contributed by atoms with E-state index in [1.165, 1.54) is 13.0 Å². The van der Waals surface area contributed by atoms with Gasteiger partial charge in [0.2, 0.25) is 0 Å². The van der Waals surface area contributed by atoms with E-state index in [-0.39, 0.29) is 22.5 Å². The molecule has 6 nitrogen and oxygen atoms in total. The van der Waals surface area contributed by atoms with Crippen molar-refractivity contribution in [3.8, 4) is 0 Å².